The van der Waals surface area contributed by atoms with E-state index in [4.69, 9.17) is 16.3 Å². The van der Waals surface area contributed by atoms with E-state index in [1.807, 2.05) is 0 Å². The van der Waals surface area contributed by atoms with Crippen molar-refractivity contribution in [3.63, 3.8) is 0 Å². The molecule has 0 fully saturated rings. The third-order valence-electron chi connectivity index (χ3n) is 2.43. The number of nitrogens with one attached hydrogen (secondary N) is 1. The second kappa shape index (κ2) is 5.67. The molecule has 1 amide bonds. The van der Waals surface area contributed by atoms with Gasteiger partial charge in [-0.05, 0) is 24.3 Å². The molecule has 2 rings (SSSR count). The number of carbonyl (C=O) groups is 1. The lowest BCUT2D eigenvalue weighted by Crippen LogP contribution is -2.12. The van der Waals surface area contributed by atoms with E-state index in [0.29, 0.717) is 10.7 Å². The minimum absolute atomic E-state index is 0.00457. The maximum absolute atomic E-state index is 13.2. The third kappa shape index (κ3) is 3.00. The van der Waals surface area contributed by atoms with Gasteiger partial charge < -0.3 is 10.1 Å². The minimum Gasteiger partial charge on any atom is -0.494 e. The third-order valence-corrected chi connectivity index (χ3v) is 2.76. The molecule has 0 aliphatic heterocycles. The summed E-state index contributed by atoms with van der Waals surface area (Å²) < 4.78 is 18.1. The zero-order valence-electron chi connectivity index (χ0n) is 9.98. The first-order valence-corrected chi connectivity index (χ1v) is 5.74. The molecule has 2 aromatic rings. The average molecular weight is 281 g/mol. The van der Waals surface area contributed by atoms with Gasteiger partial charge in [-0.25, -0.2) is 4.39 Å². The summed E-state index contributed by atoms with van der Waals surface area (Å²) in [5, 5.41) is 2.96. The van der Waals surface area contributed by atoms with Crippen LogP contribution in [-0.2, 0) is 0 Å². The van der Waals surface area contributed by atoms with Crippen LogP contribution in [0.4, 0.5) is 10.1 Å². The molecule has 0 saturated carbocycles. The Hall–Kier alpha value is -2.14. The SMILES string of the molecule is COc1cc(C(=O)Nc2cnccc2Cl)ccc1F. The molecule has 0 unspecified atom stereocenters. The zero-order chi connectivity index (χ0) is 13.8. The van der Waals surface area contributed by atoms with Gasteiger partial charge >= 0.3 is 0 Å². The van der Waals surface area contributed by atoms with Crippen molar-refractivity contribution in [3.05, 3.63) is 53.1 Å². The van der Waals surface area contributed by atoms with Gasteiger partial charge in [-0.3, -0.25) is 9.78 Å². The van der Waals surface area contributed by atoms with Crippen molar-refractivity contribution in [1.29, 1.82) is 0 Å². The fraction of sp³-hybridized carbons (Fsp3) is 0.0769. The standard InChI is InChI=1S/C13H10ClFN2O2/c1-19-12-6-8(2-3-10(12)15)13(18)17-11-7-16-5-4-9(11)14/h2-7H,1H3,(H,17,18). The summed E-state index contributed by atoms with van der Waals surface area (Å²) in [6, 6.07) is 5.40. The molecular weight excluding hydrogens is 271 g/mol. The lowest BCUT2D eigenvalue weighted by atomic mass is 10.2. The Balaban J connectivity index is 2.23. The predicted molar refractivity (Wildman–Crippen MR) is 70.2 cm³/mol. The molecule has 1 heterocycles. The summed E-state index contributed by atoms with van der Waals surface area (Å²) in [6.45, 7) is 0. The molecule has 0 bridgehead atoms. The van der Waals surface area contributed by atoms with E-state index in [9.17, 15) is 9.18 Å². The van der Waals surface area contributed by atoms with Gasteiger partial charge in [0.15, 0.2) is 11.6 Å². The number of hydrogen-bond donors (Lipinski definition) is 1. The van der Waals surface area contributed by atoms with Crippen LogP contribution in [0.2, 0.25) is 5.02 Å². The van der Waals surface area contributed by atoms with E-state index in [2.05, 4.69) is 10.3 Å². The summed E-state index contributed by atoms with van der Waals surface area (Å²) >= 11 is 5.90. The monoisotopic (exact) mass is 280 g/mol. The highest BCUT2D eigenvalue weighted by Gasteiger charge is 2.11. The predicted octanol–water partition coefficient (Wildman–Crippen LogP) is 3.14. The zero-order valence-corrected chi connectivity index (χ0v) is 10.7. The van der Waals surface area contributed by atoms with Crippen LogP contribution in [0.25, 0.3) is 0 Å². The van der Waals surface area contributed by atoms with E-state index < -0.39 is 11.7 Å². The van der Waals surface area contributed by atoms with Crippen molar-refractivity contribution < 1.29 is 13.9 Å². The van der Waals surface area contributed by atoms with Crippen LogP contribution in [-0.4, -0.2) is 18.0 Å². The van der Waals surface area contributed by atoms with Crippen molar-refractivity contribution >= 4 is 23.2 Å². The van der Waals surface area contributed by atoms with E-state index in [1.165, 1.54) is 37.7 Å². The fourth-order valence-electron chi connectivity index (χ4n) is 1.46. The smallest absolute Gasteiger partial charge is 0.255 e. The van der Waals surface area contributed by atoms with Gasteiger partial charge in [0, 0.05) is 11.8 Å². The number of nitrogens with zero attached hydrogens (tertiary/aromatic N) is 1. The Labute approximate surface area is 114 Å². The maximum Gasteiger partial charge on any atom is 0.255 e. The molecule has 0 spiro atoms. The first-order chi connectivity index (χ1) is 9.11. The number of ether oxygens (including phenoxy) is 1. The molecule has 1 N–H and O–H groups in total. The summed E-state index contributed by atoms with van der Waals surface area (Å²) in [5.41, 5.74) is 0.649. The first kappa shape index (κ1) is 13.3. The van der Waals surface area contributed by atoms with Gasteiger partial charge in [-0.15, -0.1) is 0 Å². The molecule has 19 heavy (non-hydrogen) atoms. The summed E-state index contributed by atoms with van der Waals surface area (Å²) in [4.78, 5) is 15.8. The number of hydrogen-bond acceptors (Lipinski definition) is 3. The van der Waals surface area contributed by atoms with Gasteiger partial charge in [-0.1, -0.05) is 11.6 Å². The van der Waals surface area contributed by atoms with Gasteiger partial charge in [-0.2, -0.15) is 0 Å². The number of amides is 1. The van der Waals surface area contributed by atoms with Crippen LogP contribution < -0.4 is 10.1 Å². The number of rotatable bonds is 3. The number of aromatic nitrogens is 1. The van der Waals surface area contributed by atoms with Gasteiger partial charge in [0.05, 0.1) is 24.0 Å². The van der Waals surface area contributed by atoms with Crippen molar-refractivity contribution in [1.82, 2.24) is 4.98 Å². The maximum atomic E-state index is 13.2. The number of halogens is 2. The van der Waals surface area contributed by atoms with Crippen molar-refractivity contribution in [2.24, 2.45) is 0 Å². The molecule has 0 aliphatic rings. The molecule has 1 aromatic carbocycles. The Morgan fingerprint density at radius 3 is 2.89 bits per heavy atom. The molecule has 0 atom stereocenters. The van der Waals surface area contributed by atoms with Crippen LogP contribution >= 0.6 is 11.6 Å². The van der Waals surface area contributed by atoms with Crippen molar-refractivity contribution in [2.45, 2.75) is 0 Å². The van der Waals surface area contributed by atoms with E-state index >= 15 is 0 Å². The van der Waals surface area contributed by atoms with E-state index in [1.54, 1.807) is 6.07 Å². The molecule has 0 aliphatic carbocycles. The summed E-state index contributed by atoms with van der Waals surface area (Å²) in [7, 11) is 1.33. The molecule has 4 nitrogen and oxygen atoms in total. The van der Waals surface area contributed by atoms with Crippen LogP contribution in [0, 0.1) is 5.82 Å². The molecular formula is C13H10ClFN2O2. The van der Waals surface area contributed by atoms with Crippen molar-refractivity contribution in [3.8, 4) is 5.75 Å². The molecule has 1 aromatic heterocycles. The van der Waals surface area contributed by atoms with Gasteiger partial charge in [0.1, 0.15) is 0 Å². The van der Waals surface area contributed by atoms with E-state index in [0.717, 1.165) is 0 Å². The topological polar surface area (TPSA) is 51.2 Å². The number of anilines is 1. The Morgan fingerprint density at radius 1 is 1.42 bits per heavy atom. The lowest BCUT2D eigenvalue weighted by molar-refractivity contribution is 0.102. The Kier molecular flexibility index (Phi) is 3.97. The summed E-state index contributed by atoms with van der Waals surface area (Å²) in [6.07, 6.45) is 2.94. The largest absolute Gasteiger partial charge is 0.494 e. The molecule has 0 saturated heterocycles. The lowest BCUT2D eigenvalue weighted by Gasteiger charge is -2.08. The fourth-order valence-corrected chi connectivity index (χ4v) is 1.62. The average Bonchev–Trinajstić information content (AvgIpc) is 2.42. The molecule has 98 valence electrons. The van der Waals surface area contributed by atoms with Gasteiger partial charge in [0.25, 0.3) is 5.91 Å². The molecule has 0 radical (unpaired) electrons. The second-order valence-corrected chi connectivity index (χ2v) is 4.07. The number of pyridine rings is 1. The highest BCUT2D eigenvalue weighted by atomic mass is 35.5. The van der Waals surface area contributed by atoms with E-state index in [-0.39, 0.29) is 11.3 Å². The highest BCUT2D eigenvalue weighted by molar-refractivity contribution is 6.33. The van der Waals surface area contributed by atoms with Gasteiger partial charge in [0.2, 0.25) is 0 Å². The quantitative estimate of drug-likeness (QED) is 0.940. The summed E-state index contributed by atoms with van der Waals surface area (Å²) in [5.74, 6) is -0.948. The van der Waals surface area contributed by atoms with Crippen LogP contribution in [0.15, 0.2) is 36.7 Å². The van der Waals surface area contributed by atoms with Crippen molar-refractivity contribution in [2.75, 3.05) is 12.4 Å². The second-order valence-electron chi connectivity index (χ2n) is 3.66. The minimum atomic E-state index is -0.529. The Morgan fingerprint density at radius 2 is 2.21 bits per heavy atom. The number of benzene rings is 1. The van der Waals surface area contributed by atoms with Crippen LogP contribution in [0.1, 0.15) is 10.4 Å². The highest BCUT2D eigenvalue weighted by Crippen LogP contribution is 2.22. The Bertz CT molecular complexity index is 619. The molecule has 6 heteroatoms. The number of carbonyl (C=O) groups excluding carboxylic acids is 1. The number of methoxy groups -OCH3 is 1. The van der Waals surface area contributed by atoms with Crippen LogP contribution in [0.3, 0.4) is 0 Å². The first-order valence-electron chi connectivity index (χ1n) is 5.36. The van der Waals surface area contributed by atoms with Crippen LogP contribution in [0.5, 0.6) is 5.75 Å². The normalized spacial score (nSPS) is 10.1.